The second kappa shape index (κ2) is 8.29. The summed E-state index contributed by atoms with van der Waals surface area (Å²) in [6, 6.07) is 5.14. The van der Waals surface area contributed by atoms with Gasteiger partial charge in [0.25, 0.3) is 5.91 Å². The van der Waals surface area contributed by atoms with Crippen molar-refractivity contribution < 1.29 is 18.8 Å². The average Bonchev–Trinajstić information content (AvgIpc) is 2.82. The Balaban J connectivity index is 1.68. The first-order valence-corrected chi connectivity index (χ1v) is 10.0. The second-order valence-electron chi connectivity index (χ2n) is 8.16. The zero-order chi connectivity index (χ0) is 20.3. The molecule has 1 unspecified atom stereocenters. The van der Waals surface area contributed by atoms with Gasteiger partial charge in [0.05, 0.1) is 6.04 Å². The smallest absolute Gasteiger partial charge is 0.325 e. The zero-order valence-corrected chi connectivity index (χ0v) is 16.5. The third-order valence-electron chi connectivity index (χ3n) is 5.72. The number of carbonyl (C=O) groups is 3. The normalized spacial score (nSPS) is 20.2. The molecule has 1 heterocycles. The molecule has 0 aromatic heterocycles. The first kappa shape index (κ1) is 20.3. The van der Waals surface area contributed by atoms with E-state index in [1.807, 2.05) is 13.8 Å². The Morgan fingerprint density at radius 1 is 1.14 bits per heavy atom. The average molecular weight is 389 g/mol. The highest BCUT2D eigenvalue weighted by molar-refractivity contribution is 6.09. The summed E-state index contributed by atoms with van der Waals surface area (Å²) in [6.07, 6.45) is 5.15. The van der Waals surface area contributed by atoms with E-state index in [4.69, 9.17) is 0 Å². The van der Waals surface area contributed by atoms with Crippen molar-refractivity contribution in [3.05, 3.63) is 35.6 Å². The Bertz CT molecular complexity index is 740. The van der Waals surface area contributed by atoms with Crippen LogP contribution in [0, 0.1) is 11.7 Å². The maximum atomic E-state index is 13.2. The second-order valence-corrected chi connectivity index (χ2v) is 8.16. The van der Waals surface area contributed by atoms with E-state index in [9.17, 15) is 18.8 Å². The third kappa shape index (κ3) is 4.18. The van der Waals surface area contributed by atoms with Crippen molar-refractivity contribution in [1.82, 2.24) is 15.5 Å². The maximum Gasteiger partial charge on any atom is 0.325 e. The molecule has 4 amide bonds. The van der Waals surface area contributed by atoms with E-state index in [-0.39, 0.29) is 30.2 Å². The number of benzene rings is 1. The van der Waals surface area contributed by atoms with Gasteiger partial charge in [-0.15, -0.1) is 0 Å². The summed E-state index contributed by atoms with van der Waals surface area (Å²) in [6.45, 7) is 3.59. The lowest BCUT2D eigenvalue weighted by atomic mass is 9.90. The summed E-state index contributed by atoms with van der Waals surface area (Å²) in [5.41, 5.74) is -0.0652. The number of imide groups is 1. The molecule has 6 nitrogen and oxygen atoms in total. The zero-order valence-electron chi connectivity index (χ0n) is 16.5. The van der Waals surface area contributed by atoms with E-state index < -0.39 is 17.5 Å². The highest BCUT2D eigenvalue weighted by Gasteiger charge is 2.51. The predicted octanol–water partition coefficient (Wildman–Crippen LogP) is 3.28. The highest BCUT2D eigenvalue weighted by Crippen LogP contribution is 2.32. The van der Waals surface area contributed by atoms with Crippen LogP contribution < -0.4 is 10.6 Å². The third-order valence-corrected chi connectivity index (χ3v) is 5.72. The predicted molar refractivity (Wildman–Crippen MR) is 103 cm³/mol. The molecule has 0 bridgehead atoms. The van der Waals surface area contributed by atoms with Gasteiger partial charge >= 0.3 is 6.03 Å². The van der Waals surface area contributed by atoms with Gasteiger partial charge in [-0.3, -0.25) is 14.5 Å². The number of urea groups is 1. The lowest BCUT2D eigenvalue weighted by molar-refractivity contribution is -0.135. The number of nitrogens with one attached hydrogen (secondary N) is 2. The molecule has 1 saturated carbocycles. The molecule has 7 heteroatoms. The topological polar surface area (TPSA) is 78.5 Å². The van der Waals surface area contributed by atoms with Gasteiger partial charge in [-0.25, -0.2) is 9.18 Å². The van der Waals surface area contributed by atoms with Crippen molar-refractivity contribution in [1.29, 1.82) is 0 Å². The summed E-state index contributed by atoms with van der Waals surface area (Å²) in [5.74, 6) is -0.981. The summed E-state index contributed by atoms with van der Waals surface area (Å²) >= 11 is 0. The first-order valence-electron chi connectivity index (χ1n) is 10.0. The Labute approximate surface area is 164 Å². The van der Waals surface area contributed by atoms with Crippen LogP contribution in [0.4, 0.5) is 9.18 Å². The number of carbonyl (C=O) groups excluding carboxylic acids is 3. The van der Waals surface area contributed by atoms with Crippen LogP contribution in [0.2, 0.25) is 0 Å². The van der Waals surface area contributed by atoms with Gasteiger partial charge < -0.3 is 10.6 Å². The molecule has 152 valence electrons. The fourth-order valence-electron chi connectivity index (χ4n) is 4.16. The first-order chi connectivity index (χ1) is 13.3. The van der Waals surface area contributed by atoms with Crippen LogP contribution in [0.15, 0.2) is 24.3 Å². The maximum absolute atomic E-state index is 13.2. The van der Waals surface area contributed by atoms with Crippen molar-refractivity contribution in [2.45, 2.75) is 64.0 Å². The molecule has 3 rings (SSSR count). The minimum atomic E-state index is -0.845. The molecule has 2 aliphatic rings. The van der Waals surface area contributed by atoms with E-state index in [1.54, 1.807) is 12.1 Å². The van der Waals surface area contributed by atoms with Crippen LogP contribution in [0.5, 0.6) is 0 Å². The van der Waals surface area contributed by atoms with E-state index in [2.05, 4.69) is 10.6 Å². The standard InChI is InChI=1S/C21H28FN3O3/c1-14(2)18(15-7-9-16(22)10-8-15)23-17(26)13-25-19(27)21(24-20(25)28)11-5-3-4-6-12-21/h7-10,14,18H,3-6,11-13H2,1-2H3,(H,23,26)(H,24,28). The van der Waals surface area contributed by atoms with Crippen LogP contribution in [0.25, 0.3) is 0 Å². The number of amides is 4. The summed E-state index contributed by atoms with van der Waals surface area (Å²) in [7, 11) is 0. The Morgan fingerprint density at radius 3 is 2.32 bits per heavy atom. The van der Waals surface area contributed by atoms with Gasteiger partial charge in [0.2, 0.25) is 5.91 Å². The molecule has 2 fully saturated rings. The molecule has 0 radical (unpaired) electrons. The van der Waals surface area contributed by atoms with Crippen LogP contribution in [0.3, 0.4) is 0 Å². The van der Waals surface area contributed by atoms with Crippen LogP contribution in [0.1, 0.15) is 64.0 Å². The molecule has 1 aliphatic carbocycles. The molecular formula is C21H28FN3O3. The van der Waals surface area contributed by atoms with Gasteiger partial charge in [-0.2, -0.15) is 0 Å². The minimum absolute atomic E-state index is 0.0608. The largest absolute Gasteiger partial charge is 0.347 e. The fourth-order valence-corrected chi connectivity index (χ4v) is 4.16. The van der Waals surface area contributed by atoms with Crippen molar-refractivity contribution in [3.8, 4) is 0 Å². The molecule has 1 aliphatic heterocycles. The Morgan fingerprint density at radius 2 is 1.75 bits per heavy atom. The Kier molecular flexibility index (Phi) is 6.01. The molecular weight excluding hydrogens is 361 g/mol. The van der Waals surface area contributed by atoms with Crippen LogP contribution >= 0.6 is 0 Å². The van der Waals surface area contributed by atoms with Gasteiger partial charge in [0.1, 0.15) is 17.9 Å². The number of hydrogen-bond donors (Lipinski definition) is 2. The minimum Gasteiger partial charge on any atom is -0.347 e. The highest BCUT2D eigenvalue weighted by atomic mass is 19.1. The lowest BCUT2D eigenvalue weighted by Crippen LogP contribution is -2.47. The molecule has 1 saturated heterocycles. The van der Waals surface area contributed by atoms with Crippen LogP contribution in [-0.4, -0.2) is 34.8 Å². The summed E-state index contributed by atoms with van der Waals surface area (Å²) in [5, 5.41) is 5.73. The van der Waals surface area contributed by atoms with Gasteiger partial charge in [0.15, 0.2) is 0 Å². The van der Waals surface area contributed by atoms with Crippen molar-refractivity contribution in [2.24, 2.45) is 5.92 Å². The monoisotopic (exact) mass is 389 g/mol. The van der Waals surface area contributed by atoms with E-state index in [0.29, 0.717) is 12.8 Å². The number of nitrogens with zero attached hydrogens (tertiary/aromatic N) is 1. The van der Waals surface area contributed by atoms with E-state index >= 15 is 0 Å². The quantitative estimate of drug-likeness (QED) is 0.759. The Hall–Kier alpha value is -2.44. The van der Waals surface area contributed by atoms with Crippen molar-refractivity contribution in [2.75, 3.05) is 6.54 Å². The van der Waals surface area contributed by atoms with Crippen molar-refractivity contribution in [3.63, 3.8) is 0 Å². The van der Waals surface area contributed by atoms with E-state index in [1.165, 1.54) is 12.1 Å². The molecule has 28 heavy (non-hydrogen) atoms. The van der Waals surface area contributed by atoms with E-state index in [0.717, 1.165) is 36.1 Å². The molecule has 1 spiro atoms. The number of halogens is 1. The summed E-state index contributed by atoms with van der Waals surface area (Å²) in [4.78, 5) is 39.0. The molecule has 2 N–H and O–H groups in total. The lowest BCUT2D eigenvalue weighted by Gasteiger charge is -2.26. The fraction of sp³-hybridized carbons (Fsp3) is 0.571. The van der Waals surface area contributed by atoms with Crippen molar-refractivity contribution >= 4 is 17.8 Å². The van der Waals surface area contributed by atoms with Crippen LogP contribution in [-0.2, 0) is 9.59 Å². The molecule has 1 aromatic rings. The SMILES string of the molecule is CC(C)C(NC(=O)CN1C(=O)NC2(CCCCCC2)C1=O)c1ccc(F)cc1. The summed E-state index contributed by atoms with van der Waals surface area (Å²) < 4.78 is 13.2. The van der Waals surface area contributed by atoms with Gasteiger partial charge in [-0.05, 0) is 36.5 Å². The van der Waals surface area contributed by atoms with Gasteiger partial charge in [-0.1, -0.05) is 51.7 Å². The molecule has 1 aromatic carbocycles. The molecule has 1 atom stereocenters. The van der Waals surface area contributed by atoms with Gasteiger partial charge in [0, 0.05) is 0 Å². The number of hydrogen-bond acceptors (Lipinski definition) is 3. The number of rotatable bonds is 5.